The molecule has 0 unspecified atom stereocenters. The maximum absolute atomic E-state index is 9.89. The molecular weight excluding hydrogens is 338 g/mol. The minimum absolute atomic E-state index is 0.121. The maximum atomic E-state index is 9.89. The summed E-state index contributed by atoms with van der Waals surface area (Å²) >= 11 is 5.13. The van der Waals surface area contributed by atoms with Crippen LogP contribution in [0.25, 0.3) is 0 Å². The fraction of sp³-hybridized carbons (Fsp3) is 0.400. The number of halogens is 1. The summed E-state index contributed by atoms with van der Waals surface area (Å²) in [6.45, 7) is 3.77. The van der Waals surface area contributed by atoms with Gasteiger partial charge in [-0.2, -0.15) is 0 Å². The lowest BCUT2D eigenvalue weighted by Gasteiger charge is -2.30. The standard InChI is InChI=1S/C15H18BrNO2S/c1-10-11(2)20-14(17-10)7-15(8-18,9-19)12-5-3-4-6-13(12)16/h3-6,18-19H,7-9H2,1-2H3. The van der Waals surface area contributed by atoms with Crippen LogP contribution >= 0.6 is 27.3 Å². The summed E-state index contributed by atoms with van der Waals surface area (Å²) in [5, 5.41) is 20.7. The van der Waals surface area contributed by atoms with E-state index in [-0.39, 0.29) is 13.2 Å². The monoisotopic (exact) mass is 355 g/mol. The Hall–Kier alpha value is -0.750. The van der Waals surface area contributed by atoms with Gasteiger partial charge in [0, 0.05) is 21.2 Å². The summed E-state index contributed by atoms with van der Waals surface area (Å²) in [6, 6.07) is 7.70. The molecule has 20 heavy (non-hydrogen) atoms. The summed E-state index contributed by atoms with van der Waals surface area (Å²) in [7, 11) is 0. The highest BCUT2D eigenvalue weighted by molar-refractivity contribution is 9.10. The van der Waals surface area contributed by atoms with Crippen molar-refractivity contribution in [3.05, 3.63) is 49.9 Å². The van der Waals surface area contributed by atoms with E-state index in [4.69, 9.17) is 0 Å². The van der Waals surface area contributed by atoms with Crippen LogP contribution in [-0.4, -0.2) is 28.4 Å². The Morgan fingerprint density at radius 1 is 1.20 bits per heavy atom. The average molecular weight is 356 g/mol. The van der Waals surface area contributed by atoms with Crippen LogP contribution in [0.5, 0.6) is 0 Å². The molecule has 0 aliphatic heterocycles. The second-order valence-corrected chi connectivity index (χ2v) is 7.14. The van der Waals surface area contributed by atoms with Crippen molar-refractivity contribution in [3.8, 4) is 0 Å². The van der Waals surface area contributed by atoms with E-state index in [2.05, 4.69) is 20.9 Å². The SMILES string of the molecule is Cc1nc(CC(CO)(CO)c2ccccc2Br)sc1C. The van der Waals surface area contributed by atoms with Gasteiger partial charge < -0.3 is 10.2 Å². The van der Waals surface area contributed by atoms with Crippen molar-refractivity contribution in [3.63, 3.8) is 0 Å². The Labute approximate surface area is 131 Å². The van der Waals surface area contributed by atoms with Gasteiger partial charge in [-0.05, 0) is 25.5 Å². The Bertz CT molecular complexity index is 574. The summed E-state index contributed by atoms with van der Waals surface area (Å²) in [5.41, 5.74) is 1.22. The van der Waals surface area contributed by atoms with Crippen LogP contribution in [0.4, 0.5) is 0 Å². The van der Waals surface area contributed by atoms with Crippen LogP contribution in [-0.2, 0) is 11.8 Å². The van der Waals surface area contributed by atoms with Crippen LogP contribution in [0, 0.1) is 13.8 Å². The van der Waals surface area contributed by atoms with Gasteiger partial charge in [0.05, 0.1) is 23.9 Å². The van der Waals surface area contributed by atoms with Crippen molar-refractivity contribution < 1.29 is 10.2 Å². The lowest BCUT2D eigenvalue weighted by molar-refractivity contribution is 0.115. The minimum Gasteiger partial charge on any atom is -0.395 e. The molecule has 2 N–H and O–H groups in total. The second-order valence-electron chi connectivity index (χ2n) is 5.00. The van der Waals surface area contributed by atoms with E-state index in [9.17, 15) is 10.2 Å². The predicted molar refractivity (Wildman–Crippen MR) is 85.3 cm³/mol. The third-order valence-electron chi connectivity index (χ3n) is 3.61. The molecule has 0 atom stereocenters. The van der Waals surface area contributed by atoms with Gasteiger partial charge in [0.25, 0.3) is 0 Å². The van der Waals surface area contributed by atoms with E-state index in [1.165, 1.54) is 4.88 Å². The normalized spacial score (nSPS) is 11.8. The van der Waals surface area contributed by atoms with Crippen molar-refractivity contribution in [1.29, 1.82) is 0 Å². The van der Waals surface area contributed by atoms with E-state index < -0.39 is 5.41 Å². The number of aliphatic hydroxyl groups is 2. The quantitative estimate of drug-likeness (QED) is 0.866. The molecule has 3 nitrogen and oxygen atoms in total. The summed E-state index contributed by atoms with van der Waals surface area (Å²) in [5.74, 6) is 0. The molecule has 1 aromatic carbocycles. The zero-order valence-corrected chi connectivity index (χ0v) is 14.0. The van der Waals surface area contributed by atoms with Crippen molar-refractivity contribution in [2.45, 2.75) is 25.7 Å². The van der Waals surface area contributed by atoms with Crippen molar-refractivity contribution >= 4 is 27.3 Å². The molecule has 0 saturated carbocycles. The van der Waals surface area contributed by atoms with Gasteiger partial charge in [0.2, 0.25) is 0 Å². The zero-order chi connectivity index (χ0) is 14.8. The number of aliphatic hydroxyl groups excluding tert-OH is 2. The Morgan fingerprint density at radius 3 is 2.35 bits per heavy atom. The first-order valence-corrected chi connectivity index (χ1v) is 8.03. The predicted octanol–water partition coefficient (Wildman–Crippen LogP) is 2.99. The molecule has 5 heteroatoms. The third kappa shape index (κ3) is 2.96. The highest BCUT2D eigenvalue weighted by Crippen LogP contribution is 2.34. The number of aromatic nitrogens is 1. The van der Waals surface area contributed by atoms with Gasteiger partial charge in [0.15, 0.2) is 0 Å². The summed E-state index contributed by atoms with van der Waals surface area (Å²) in [6.07, 6.45) is 0.530. The molecule has 1 heterocycles. The first-order chi connectivity index (χ1) is 9.52. The summed E-state index contributed by atoms with van der Waals surface area (Å²) in [4.78, 5) is 5.70. The molecule has 0 aliphatic rings. The molecule has 1 aromatic heterocycles. The van der Waals surface area contributed by atoms with Crippen LogP contribution in [0.3, 0.4) is 0 Å². The van der Waals surface area contributed by atoms with Crippen LogP contribution < -0.4 is 0 Å². The first-order valence-electron chi connectivity index (χ1n) is 6.42. The fourth-order valence-electron chi connectivity index (χ4n) is 2.22. The first kappa shape index (κ1) is 15.6. The molecule has 0 fully saturated rings. The molecule has 2 aromatic rings. The fourth-order valence-corrected chi connectivity index (χ4v) is 4.01. The van der Waals surface area contributed by atoms with Gasteiger partial charge in [-0.15, -0.1) is 11.3 Å². The largest absolute Gasteiger partial charge is 0.395 e. The maximum Gasteiger partial charge on any atom is 0.0941 e. The van der Waals surface area contributed by atoms with Crippen LogP contribution in [0.15, 0.2) is 28.7 Å². The molecular formula is C15H18BrNO2S. The van der Waals surface area contributed by atoms with E-state index in [1.54, 1.807) is 11.3 Å². The van der Waals surface area contributed by atoms with E-state index in [0.717, 1.165) is 20.7 Å². The van der Waals surface area contributed by atoms with Crippen LogP contribution in [0.2, 0.25) is 0 Å². The number of thiazole rings is 1. The smallest absolute Gasteiger partial charge is 0.0941 e. The topological polar surface area (TPSA) is 53.4 Å². The van der Waals surface area contributed by atoms with Gasteiger partial charge in [-0.1, -0.05) is 34.1 Å². The molecule has 0 saturated heterocycles. The van der Waals surface area contributed by atoms with Gasteiger partial charge >= 0.3 is 0 Å². The van der Waals surface area contributed by atoms with Gasteiger partial charge in [-0.25, -0.2) is 4.98 Å². The van der Waals surface area contributed by atoms with Gasteiger partial charge in [-0.3, -0.25) is 0 Å². The van der Waals surface area contributed by atoms with E-state index >= 15 is 0 Å². The molecule has 0 amide bonds. The molecule has 108 valence electrons. The molecule has 0 radical (unpaired) electrons. The Morgan fingerprint density at radius 2 is 1.85 bits per heavy atom. The van der Waals surface area contributed by atoms with Crippen molar-refractivity contribution in [2.75, 3.05) is 13.2 Å². The van der Waals surface area contributed by atoms with Crippen molar-refractivity contribution in [1.82, 2.24) is 4.98 Å². The Balaban J connectivity index is 2.42. The average Bonchev–Trinajstić information content (AvgIpc) is 2.75. The number of hydrogen-bond acceptors (Lipinski definition) is 4. The van der Waals surface area contributed by atoms with Gasteiger partial charge in [0.1, 0.15) is 0 Å². The summed E-state index contributed by atoms with van der Waals surface area (Å²) < 4.78 is 0.896. The number of rotatable bonds is 5. The third-order valence-corrected chi connectivity index (χ3v) is 5.38. The van der Waals surface area contributed by atoms with Crippen molar-refractivity contribution in [2.24, 2.45) is 0 Å². The second kappa shape index (κ2) is 6.35. The highest BCUT2D eigenvalue weighted by Gasteiger charge is 2.34. The molecule has 0 spiro atoms. The number of hydrogen-bond donors (Lipinski definition) is 2. The number of aryl methyl sites for hydroxylation is 2. The van der Waals surface area contributed by atoms with Crippen LogP contribution in [0.1, 0.15) is 21.1 Å². The number of benzene rings is 1. The lowest BCUT2D eigenvalue weighted by Crippen LogP contribution is -2.37. The van der Waals surface area contributed by atoms with E-state index in [0.29, 0.717) is 6.42 Å². The molecule has 0 aliphatic carbocycles. The molecule has 2 rings (SSSR count). The lowest BCUT2D eigenvalue weighted by atomic mass is 9.79. The number of nitrogens with zero attached hydrogens (tertiary/aromatic N) is 1. The zero-order valence-electron chi connectivity index (χ0n) is 11.6. The highest BCUT2D eigenvalue weighted by atomic mass is 79.9. The molecule has 0 bridgehead atoms. The minimum atomic E-state index is -0.711. The van der Waals surface area contributed by atoms with E-state index in [1.807, 2.05) is 38.1 Å². The Kier molecular flexibility index (Phi) is 4.96.